The summed E-state index contributed by atoms with van der Waals surface area (Å²) in [6.45, 7) is 5.81. The third-order valence-electron chi connectivity index (χ3n) is 16.1. The van der Waals surface area contributed by atoms with Gasteiger partial charge in [-0.1, -0.05) is 295 Å². The summed E-state index contributed by atoms with van der Waals surface area (Å²) in [6, 6.07) is -1.02. The van der Waals surface area contributed by atoms with Crippen LogP contribution in [0.5, 0.6) is 0 Å². The van der Waals surface area contributed by atoms with Crippen molar-refractivity contribution in [3.05, 3.63) is 24.3 Å². The Labute approximate surface area is 480 Å². The molecule has 8 atom stereocenters. The molecule has 1 fully saturated rings. The number of esters is 1. The lowest BCUT2D eigenvalue weighted by molar-refractivity contribution is -0.305. The van der Waals surface area contributed by atoms with E-state index in [0.717, 1.165) is 64.2 Å². The molecule has 0 aromatic carbocycles. The van der Waals surface area contributed by atoms with Gasteiger partial charge >= 0.3 is 5.97 Å². The van der Waals surface area contributed by atoms with Gasteiger partial charge in [-0.2, -0.15) is 0 Å². The van der Waals surface area contributed by atoms with Gasteiger partial charge in [-0.15, -0.1) is 0 Å². The van der Waals surface area contributed by atoms with Gasteiger partial charge in [0.15, 0.2) is 12.4 Å². The topological polar surface area (TPSA) is 175 Å². The second-order valence-corrected chi connectivity index (χ2v) is 23.6. The van der Waals surface area contributed by atoms with E-state index in [9.17, 15) is 35.1 Å². The first-order valence-electron chi connectivity index (χ1n) is 33.6. The molecule has 78 heavy (non-hydrogen) atoms. The normalized spacial score (nSPS) is 19.0. The van der Waals surface area contributed by atoms with E-state index < -0.39 is 67.4 Å². The summed E-state index contributed by atoms with van der Waals surface area (Å²) in [7, 11) is 0. The van der Waals surface area contributed by atoms with Crippen molar-refractivity contribution < 1.29 is 49.3 Å². The third kappa shape index (κ3) is 42.9. The highest BCUT2D eigenvalue weighted by molar-refractivity contribution is 5.80. The monoisotopic (exact) mass is 1110 g/mol. The molecule has 0 aromatic heterocycles. The van der Waals surface area contributed by atoms with Gasteiger partial charge in [-0.25, -0.2) is 0 Å². The van der Waals surface area contributed by atoms with Crippen LogP contribution >= 0.6 is 0 Å². The maximum absolute atomic E-state index is 13.4. The Balaban J connectivity index is 2.56. The number of nitrogens with one attached hydrogen (secondary N) is 1. The minimum Gasteiger partial charge on any atom is -0.454 e. The Kier molecular flexibility index (Phi) is 52.9. The van der Waals surface area contributed by atoms with Crippen LogP contribution in [-0.2, 0) is 23.8 Å². The minimum atomic E-state index is -1.61. The number of unbranched alkanes of at least 4 members (excludes halogenated alkanes) is 42. The van der Waals surface area contributed by atoms with E-state index >= 15 is 0 Å². The Morgan fingerprint density at radius 1 is 0.487 bits per heavy atom. The molecule has 1 rings (SSSR count). The van der Waals surface area contributed by atoms with Crippen molar-refractivity contribution >= 4 is 11.9 Å². The molecule has 1 saturated heterocycles. The molecule has 1 aliphatic rings. The van der Waals surface area contributed by atoms with Crippen LogP contribution in [0.15, 0.2) is 24.3 Å². The van der Waals surface area contributed by atoms with Gasteiger partial charge in [0.25, 0.3) is 0 Å². The number of carbonyl (C=O) groups excluding carboxylic acids is 2. The highest BCUT2D eigenvalue weighted by Crippen LogP contribution is 2.26. The van der Waals surface area contributed by atoms with E-state index in [1.54, 1.807) is 6.08 Å². The van der Waals surface area contributed by atoms with Crippen molar-refractivity contribution in [3.63, 3.8) is 0 Å². The molecule has 8 unspecified atom stereocenters. The van der Waals surface area contributed by atoms with Crippen LogP contribution in [0, 0.1) is 0 Å². The molecule has 0 saturated carbocycles. The van der Waals surface area contributed by atoms with Crippen molar-refractivity contribution in [2.45, 2.75) is 378 Å². The van der Waals surface area contributed by atoms with E-state index in [2.05, 4.69) is 38.2 Å². The fraction of sp³-hybridized carbons (Fsp3) is 0.910. The molecule has 0 aliphatic carbocycles. The largest absolute Gasteiger partial charge is 0.454 e. The van der Waals surface area contributed by atoms with Crippen LogP contribution in [0.25, 0.3) is 0 Å². The van der Waals surface area contributed by atoms with Crippen molar-refractivity contribution in [3.8, 4) is 0 Å². The Hall–Kier alpha value is -1.86. The molecule has 11 nitrogen and oxygen atoms in total. The van der Waals surface area contributed by atoms with Crippen molar-refractivity contribution in [2.75, 3.05) is 13.2 Å². The lowest BCUT2D eigenvalue weighted by atomic mass is 9.99. The summed E-state index contributed by atoms with van der Waals surface area (Å²) in [5.74, 6) is -1.20. The first-order valence-corrected chi connectivity index (χ1v) is 33.6. The summed E-state index contributed by atoms with van der Waals surface area (Å²) in [6.07, 6.45) is 55.2. The molecule has 1 aliphatic heterocycles. The molecule has 1 amide bonds. The lowest BCUT2D eigenvalue weighted by Crippen LogP contribution is -2.61. The van der Waals surface area contributed by atoms with E-state index in [0.29, 0.717) is 19.3 Å². The Bertz CT molecular complexity index is 1360. The van der Waals surface area contributed by atoms with Crippen LogP contribution in [0.2, 0.25) is 0 Å². The number of rotatable bonds is 58. The van der Waals surface area contributed by atoms with Gasteiger partial charge in [0.2, 0.25) is 5.91 Å². The smallest absolute Gasteiger partial charge is 0.306 e. The average Bonchev–Trinajstić information content (AvgIpc) is 3.44. The molecule has 6 N–H and O–H groups in total. The predicted molar refractivity (Wildman–Crippen MR) is 324 cm³/mol. The number of allylic oxidation sites excluding steroid dienone is 3. The highest BCUT2D eigenvalue weighted by atomic mass is 16.7. The number of aliphatic hydroxyl groups excluding tert-OH is 5. The number of amides is 1. The molecule has 11 heteroatoms. The fourth-order valence-electron chi connectivity index (χ4n) is 10.8. The maximum Gasteiger partial charge on any atom is 0.306 e. The molecule has 0 radical (unpaired) electrons. The van der Waals surface area contributed by atoms with Crippen LogP contribution in [0.4, 0.5) is 0 Å². The maximum atomic E-state index is 13.4. The molecule has 0 spiro atoms. The first kappa shape index (κ1) is 74.2. The summed E-state index contributed by atoms with van der Waals surface area (Å²) in [5.41, 5.74) is 0. The third-order valence-corrected chi connectivity index (χ3v) is 16.1. The van der Waals surface area contributed by atoms with Gasteiger partial charge in [0.05, 0.1) is 25.4 Å². The minimum absolute atomic E-state index is 0.107. The van der Waals surface area contributed by atoms with Crippen LogP contribution in [0.3, 0.4) is 0 Å². The molecule has 0 bridgehead atoms. The predicted octanol–water partition coefficient (Wildman–Crippen LogP) is 16.5. The van der Waals surface area contributed by atoms with Gasteiger partial charge in [-0.3, -0.25) is 9.59 Å². The zero-order valence-corrected chi connectivity index (χ0v) is 51.1. The number of carbonyl (C=O) groups is 2. The van der Waals surface area contributed by atoms with E-state index in [1.165, 1.54) is 218 Å². The molecular formula is C67H127NO10. The number of hydrogen-bond acceptors (Lipinski definition) is 10. The second-order valence-electron chi connectivity index (χ2n) is 23.6. The average molecular weight is 1110 g/mol. The van der Waals surface area contributed by atoms with Gasteiger partial charge in [0, 0.05) is 6.42 Å². The van der Waals surface area contributed by atoms with Gasteiger partial charge in [-0.05, 0) is 51.4 Å². The zero-order valence-electron chi connectivity index (χ0n) is 51.1. The molecule has 1 heterocycles. The molecule has 460 valence electrons. The van der Waals surface area contributed by atoms with E-state index in [-0.39, 0.29) is 13.0 Å². The molecule has 0 aromatic rings. The van der Waals surface area contributed by atoms with E-state index in [4.69, 9.17) is 14.2 Å². The van der Waals surface area contributed by atoms with Crippen LogP contribution in [-0.4, -0.2) is 99.6 Å². The highest BCUT2D eigenvalue weighted by Gasteiger charge is 2.47. The van der Waals surface area contributed by atoms with Crippen molar-refractivity contribution in [1.82, 2.24) is 5.32 Å². The molecular weight excluding hydrogens is 979 g/mol. The SMILES string of the molecule is CCCCCCCCC/C=C\CCCCCC(=O)OC1C(OCC(NC(=O)C(O)CCCCCCCCCCCCCCCCCCCCCCCCCC)C(O)/C=C/CCCCCCCCCCC)OC(CO)C(O)C1O. The van der Waals surface area contributed by atoms with Crippen molar-refractivity contribution in [2.24, 2.45) is 0 Å². The fourth-order valence-corrected chi connectivity index (χ4v) is 10.8. The summed E-state index contributed by atoms with van der Waals surface area (Å²) >= 11 is 0. The summed E-state index contributed by atoms with van der Waals surface area (Å²) < 4.78 is 17.6. The second kappa shape index (κ2) is 55.7. The first-order chi connectivity index (χ1) is 38.2. The quantitative estimate of drug-likeness (QED) is 0.0195. The number of aliphatic hydroxyl groups is 5. The van der Waals surface area contributed by atoms with Crippen LogP contribution < -0.4 is 5.32 Å². The summed E-state index contributed by atoms with van der Waals surface area (Å²) in [5, 5.41) is 57.0. The Morgan fingerprint density at radius 3 is 1.24 bits per heavy atom. The standard InChI is InChI=1S/C67H127NO10/c1-4-7-10-13-16-19-22-24-26-27-28-29-30-31-32-33-34-35-36-39-42-45-48-51-54-60(71)66(75)68-58(59(70)53-50-47-44-41-38-21-18-15-12-9-6-3)57-76-67-65(64(74)63(73)61(56-69)77-67)78-62(72)55-52-49-46-43-40-37-25-23-20-17-14-11-8-5-2/h37,40,50,53,58-61,63-65,67,69-71,73-74H,4-36,38-39,41-49,51-52,54-57H2,1-3H3,(H,68,75)/b40-37-,53-50+. The number of hydrogen-bond donors (Lipinski definition) is 6. The van der Waals surface area contributed by atoms with E-state index in [1.807, 2.05) is 6.08 Å². The summed E-state index contributed by atoms with van der Waals surface area (Å²) in [4.78, 5) is 26.5. The van der Waals surface area contributed by atoms with Crippen LogP contribution in [0.1, 0.15) is 329 Å². The number of ether oxygens (including phenoxy) is 3. The lowest BCUT2D eigenvalue weighted by Gasteiger charge is -2.41. The van der Waals surface area contributed by atoms with Gasteiger partial charge < -0.3 is 45.1 Å². The van der Waals surface area contributed by atoms with Gasteiger partial charge in [0.1, 0.15) is 24.4 Å². The van der Waals surface area contributed by atoms with Crippen molar-refractivity contribution in [1.29, 1.82) is 0 Å². The zero-order chi connectivity index (χ0) is 56.8. The Morgan fingerprint density at radius 2 is 0.846 bits per heavy atom.